The third kappa shape index (κ3) is 1.84. The number of hydrogen-bond acceptors (Lipinski definition) is 3. The molecule has 3 rings (SSSR count). The highest BCUT2D eigenvalue weighted by molar-refractivity contribution is 5.94. The number of anilines is 1. The van der Waals surface area contributed by atoms with Gasteiger partial charge in [-0.3, -0.25) is 0 Å². The predicted molar refractivity (Wildman–Crippen MR) is 69.4 cm³/mol. The molecule has 0 unspecified atom stereocenters. The summed E-state index contributed by atoms with van der Waals surface area (Å²) in [6.45, 7) is 2.03. The highest BCUT2D eigenvalue weighted by atomic mass is 16.6. The Morgan fingerprint density at radius 2 is 1.94 bits per heavy atom. The van der Waals surface area contributed by atoms with Crippen molar-refractivity contribution >= 4 is 11.7 Å². The number of ether oxygens (including phenoxy) is 1. The lowest BCUT2D eigenvalue weighted by molar-refractivity contribution is 0.0437. The molecule has 0 bridgehead atoms. The highest BCUT2D eigenvalue weighted by Gasteiger charge is 2.30. The molecule has 2 aromatic carbocycles. The summed E-state index contributed by atoms with van der Waals surface area (Å²) >= 11 is 0. The Kier molecular flexibility index (Phi) is 2.52. The van der Waals surface area contributed by atoms with Crippen LogP contribution in [0.1, 0.15) is 27.7 Å². The summed E-state index contributed by atoms with van der Waals surface area (Å²) in [5, 5.41) is 3.23. The van der Waals surface area contributed by atoms with E-state index in [0.29, 0.717) is 5.56 Å². The number of carbonyl (C=O) groups is 1. The highest BCUT2D eigenvalue weighted by Crippen LogP contribution is 2.31. The van der Waals surface area contributed by atoms with E-state index in [-0.39, 0.29) is 5.97 Å². The van der Waals surface area contributed by atoms with Gasteiger partial charge in [0, 0.05) is 11.3 Å². The number of carbonyl (C=O) groups excluding carboxylic acids is 1. The van der Waals surface area contributed by atoms with Crippen molar-refractivity contribution in [1.29, 1.82) is 0 Å². The number of benzene rings is 2. The van der Waals surface area contributed by atoms with Gasteiger partial charge in [0.2, 0.25) is 6.23 Å². The van der Waals surface area contributed by atoms with E-state index in [1.165, 1.54) is 0 Å². The predicted octanol–water partition coefficient (Wildman–Crippen LogP) is 3.28. The van der Waals surface area contributed by atoms with E-state index in [4.69, 9.17) is 4.74 Å². The second kappa shape index (κ2) is 4.18. The first-order chi connectivity index (χ1) is 8.74. The molecule has 18 heavy (non-hydrogen) atoms. The van der Waals surface area contributed by atoms with Crippen LogP contribution in [0.2, 0.25) is 0 Å². The zero-order valence-corrected chi connectivity index (χ0v) is 10.0. The minimum atomic E-state index is -0.393. The molecule has 1 aliphatic rings. The van der Waals surface area contributed by atoms with Crippen LogP contribution in [0.5, 0.6) is 0 Å². The molecule has 0 fully saturated rings. The summed E-state index contributed by atoms with van der Waals surface area (Å²) in [6, 6.07) is 15.4. The van der Waals surface area contributed by atoms with Crippen LogP contribution in [0.25, 0.3) is 0 Å². The normalized spacial score (nSPS) is 17.2. The van der Waals surface area contributed by atoms with Crippen molar-refractivity contribution < 1.29 is 9.53 Å². The minimum Gasteiger partial charge on any atom is -0.434 e. The molecule has 1 aliphatic heterocycles. The lowest BCUT2D eigenvalue weighted by atomic mass is 10.1. The van der Waals surface area contributed by atoms with E-state index in [2.05, 4.69) is 5.32 Å². The largest absolute Gasteiger partial charge is 0.434 e. The van der Waals surface area contributed by atoms with Gasteiger partial charge in [-0.1, -0.05) is 30.3 Å². The molecule has 0 saturated heterocycles. The van der Waals surface area contributed by atoms with Gasteiger partial charge in [-0.05, 0) is 30.7 Å². The van der Waals surface area contributed by atoms with Crippen LogP contribution in [-0.2, 0) is 4.74 Å². The lowest BCUT2D eigenvalue weighted by Crippen LogP contribution is -2.10. The Bertz CT molecular complexity index is 607. The molecule has 0 saturated carbocycles. The second-order valence-electron chi connectivity index (χ2n) is 4.39. The number of rotatable bonds is 2. The SMILES string of the molecule is Cc1cccc(N[C@@H]2OC(=O)c3ccccc32)c1. The second-order valence-corrected chi connectivity index (χ2v) is 4.39. The maximum Gasteiger partial charge on any atom is 0.340 e. The van der Waals surface area contributed by atoms with Gasteiger partial charge in [0.15, 0.2) is 0 Å². The fourth-order valence-corrected chi connectivity index (χ4v) is 2.14. The number of aryl methyl sites for hydroxylation is 1. The molecule has 3 heteroatoms. The average Bonchev–Trinajstić information content (AvgIpc) is 2.67. The summed E-state index contributed by atoms with van der Waals surface area (Å²) in [5.74, 6) is -0.268. The van der Waals surface area contributed by atoms with Crippen LogP contribution in [0.15, 0.2) is 48.5 Å². The van der Waals surface area contributed by atoms with E-state index in [0.717, 1.165) is 16.8 Å². The Morgan fingerprint density at radius 1 is 1.11 bits per heavy atom. The standard InChI is InChI=1S/C15H13NO2/c1-10-5-4-6-11(9-10)16-14-12-7-2-3-8-13(12)15(17)18-14/h2-9,14,16H,1H3/t14-/m1/s1. The van der Waals surface area contributed by atoms with E-state index in [1.807, 2.05) is 49.4 Å². The lowest BCUT2D eigenvalue weighted by Gasteiger charge is -2.14. The zero-order chi connectivity index (χ0) is 12.5. The third-order valence-electron chi connectivity index (χ3n) is 3.00. The molecule has 0 aliphatic carbocycles. The van der Waals surface area contributed by atoms with Crippen molar-refractivity contribution in [1.82, 2.24) is 0 Å². The average molecular weight is 239 g/mol. The van der Waals surface area contributed by atoms with Crippen LogP contribution in [0.3, 0.4) is 0 Å². The van der Waals surface area contributed by atoms with Crippen LogP contribution in [0, 0.1) is 6.92 Å². The molecule has 3 nitrogen and oxygen atoms in total. The quantitative estimate of drug-likeness (QED) is 0.817. The maximum absolute atomic E-state index is 11.7. The Morgan fingerprint density at radius 3 is 2.78 bits per heavy atom. The van der Waals surface area contributed by atoms with Gasteiger partial charge in [0.05, 0.1) is 5.56 Å². The molecule has 0 amide bonds. The van der Waals surface area contributed by atoms with Gasteiger partial charge in [-0.15, -0.1) is 0 Å². The van der Waals surface area contributed by atoms with Gasteiger partial charge < -0.3 is 10.1 Å². The smallest absolute Gasteiger partial charge is 0.340 e. The van der Waals surface area contributed by atoms with Gasteiger partial charge >= 0.3 is 5.97 Å². The number of fused-ring (bicyclic) bond motifs is 1. The monoisotopic (exact) mass is 239 g/mol. The number of esters is 1. The Labute approximate surface area is 105 Å². The van der Waals surface area contributed by atoms with Gasteiger partial charge in [0.1, 0.15) is 0 Å². The van der Waals surface area contributed by atoms with Crippen LogP contribution in [-0.4, -0.2) is 5.97 Å². The van der Waals surface area contributed by atoms with Crippen molar-refractivity contribution in [3.05, 3.63) is 65.2 Å². The van der Waals surface area contributed by atoms with Gasteiger partial charge in [0.25, 0.3) is 0 Å². The molecule has 1 atom stereocenters. The summed E-state index contributed by atoms with van der Waals surface area (Å²) in [4.78, 5) is 11.7. The molecule has 0 aromatic heterocycles. The third-order valence-corrected chi connectivity index (χ3v) is 3.00. The number of cyclic esters (lactones) is 1. The van der Waals surface area contributed by atoms with E-state index >= 15 is 0 Å². The van der Waals surface area contributed by atoms with Crippen LogP contribution >= 0.6 is 0 Å². The first kappa shape index (κ1) is 10.8. The van der Waals surface area contributed by atoms with E-state index in [9.17, 15) is 4.79 Å². The molecular weight excluding hydrogens is 226 g/mol. The summed E-state index contributed by atoms with van der Waals surface area (Å²) in [7, 11) is 0. The van der Waals surface area contributed by atoms with Crippen molar-refractivity contribution in [2.24, 2.45) is 0 Å². The van der Waals surface area contributed by atoms with Crippen molar-refractivity contribution in [2.75, 3.05) is 5.32 Å². The Balaban J connectivity index is 1.90. The first-order valence-corrected chi connectivity index (χ1v) is 5.87. The zero-order valence-electron chi connectivity index (χ0n) is 10.0. The molecule has 1 N–H and O–H groups in total. The molecule has 0 spiro atoms. The molecule has 2 aromatic rings. The Hall–Kier alpha value is -2.29. The summed E-state index contributed by atoms with van der Waals surface area (Å²) < 4.78 is 5.33. The molecule has 0 radical (unpaired) electrons. The molecular formula is C15H13NO2. The topological polar surface area (TPSA) is 38.3 Å². The summed E-state index contributed by atoms with van der Waals surface area (Å²) in [5.41, 5.74) is 3.65. The molecule has 1 heterocycles. The fraction of sp³-hybridized carbons (Fsp3) is 0.133. The van der Waals surface area contributed by atoms with Crippen LogP contribution in [0.4, 0.5) is 5.69 Å². The summed E-state index contributed by atoms with van der Waals surface area (Å²) in [6.07, 6.45) is -0.393. The van der Waals surface area contributed by atoms with Crippen LogP contribution < -0.4 is 5.32 Å². The van der Waals surface area contributed by atoms with E-state index in [1.54, 1.807) is 6.07 Å². The number of nitrogens with one attached hydrogen (secondary N) is 1. The van der Waals surface area contributed by atoms with E-state index < -0.39 is 6.23 Å². The van der Waals surface area contributed by atoms with Gasteiger partial charge in [-0.2, -0.15) is 0 Å². The fourth-order valence-electron chi connectivity index (χ4n) is 2.14. The van der Waals surface area contributed by atoms with Crippen molar-refractivity contribution in [3.8, 4) is 0 Å². The maximum atomic E-state index is 11.7. The van der Waals surface area contributed by atoms with Gasteiger partial charge in [-0.25, -0.2) is 4.79 Å². The molecule has 90 valence electrons. The van der Waals surface area contributed by atoms with Crippen molar-refractivity contribution in [2.45, 2.75) is 13.2 Å². The minimum absolute atomic E-state index is 0.268. The first-order valence-electron chi connectivity index (χ1n) is 5.87. The van der Waals surface area contributed by atoms with Crippen molar-refractivity contribution in [3.63, 3.8) is 0 Å². The number of hydrogen-bond donors (Lipinski definition) is 1.